The number of nitrogens with one attached hydrogen (secondary N) is 2. The zero-order chi connectivity index (χ0) is 15.3. The normalized spacial score (nSPS) is 11.3. The lowest BCUT2D eigenvalue weighted by Gasteiger charge is -2.09. The van der Waals surface area contributed by atoms with Crippen molar-refractivity contribution >= 4 is 15.7 Å². The van der Waals surface area contributed by atoms with Gasteiger partial charge in [-0.15, -0.1) is 0 Å². The molecule has 5 heteroatoms. The van der Waals surface area contributed by atoms with Crippen LogP contribution in [0.2, 0.25) is 0 Å². The molecule has 0 bridgehead atoms. The first-order valence-electron chi connectivity index (χ1n) is 6.84. The summed E-state index contributed by atoms with van der Waals surface area (Å²) in [6.45, 7) is 4.83. The van der Waals surface area contributed by atoms with Crippen molar-refractivity contribution in [3.8, 4) is 0 Å². The molecular formula is C16H20N2O2S. The fourth-order valence-electron chi connectivity index (χ4n) is 1.86. The minimum Gasteiger partial charge on any atom is -0.384 e. The second-order valence-electron chi connectivity index (χ2n) is 5.00. The monoisotopic (exact) mass is 304 g/mol. The highest BCUT2D eigenvalue weighted by atomic mass is 32.2. The molecular weight excluding hydrogens is 284 g/mol. The van der Waals surface area contributed by atoms with Gasteiger partial charge in [-0.2, -0.15) is 0 Å². The summed E-state index contributed by atoms with van der Waals surface area (Å²) in [6, 6.07) is 14.8. The molecule has 0 aliphatic rings. The highest BCUT2D eigenvalue weighted by molar-refractivity contribution is 7.89. The van der Waals surface area contributed by atoms with Crippen LogP contribution in [0, 0.1) is 13.8 Å². The first kappa shape index (κ1) is 15.5. The predicted octanol–water partition coefficient (Wildman–Crippen LogP) is 2.69. The maximum atomic E-state index is 12.1. The van der Waals surface area contributed by atoms with Crippen LogP contribution in [0.1, 0.15) is 11.1 Å². The van der Waals surface area contributed by atoms with Crippen LogP contribution >= 0.6 is 0 Å². The Morgan fingerprint density at radius 1 is 0.810 bits per heavy atom. The molecule has 2 N–H and O–H groups in total. The Labute approximate surface area is 126 Å². The van der Waals surface area contributed by atoms with Crippen molar-refractivity contribution in [1.82, 2.24) is 4.72 Å². The predicted molar refractivity (Wildman–Crippen MR) is 86.0 cm³/mol. The van der Waals surface area contributed by atoms with Crippen molar-refractivity contribution in [3.63, 3.8) is 0 Å². The van der Waals surface area contributed by atoms with Gasteiger partial charge < -0.3 is 5.32 Å². The van der Waals surface area contributed by atoms with E-state index in [1.54, 1.807) is 24.3 Å². The van der Waals surface area contributed by atoms with E-state index in [9.17, 15) is 8.42 Å². The number of aryl methyl sites for hydroxylation is 2. The third kappa shape index (κ3) is 4.58. The summed E-state index contributed by atoms with van der Waals surface area (Å²) in [7, 11) is -3.43. The molecule has 0 radical (unpaired) electrons. The summed E-state index contributed by atoms with van der Waals surface area (Å²) < 4.78 is 26.7. The van der Waals surface area contributed by atoms with Crippen LogP contribution in [0.25, 0.3) is 0 Å². The van der Waals surface area contributed by atoms with Crippen LogP contribution in [0.5, 0.6) is 0 Å². The molecule has 0 saturated heterocycles. The van der Waals surface area contributed by atoms with E-state index in [4.69, 9.17) is 0 Å². The Kier molecular flexibility index (Phi) is 4.98. The summed E-state index contributed by atoms with van der Waals surface area (Å²) >= 11 is 0. The van der Waals surface area contributed by atoms with Crippen LogP contribution in [-0.2, 0) is 10.0 Å². The fourth-order valence-corrected chi connectivity index (χ4v) is 2.90. The van der Waals surface area contributed by atoms with Crippen LogP contribution in [0.3, 0.4) is 0 Å². The molecule has 0 aromatic heterocycles. The van der Waals surface area contributed by atoms with Crippen LogP contribution < -0.4 is 10.0 Å². The van der Waals surface area contributed by atoms with Gasteiger partial charge in [0.25, 0.3) is 0 Å². The quantitative estimate of drug-likeness (QED) is 0.807. The number of benzene rings is 2. The number of hydrogen-bond donors (Lipinski definition) is 2. The molecule has 4 nitrogen and oxygen atoms in total. The molecule has 0 aliphatic heterocycles. The highest BCUT2D eigenvalue weighted by Gasteiger charge is 2.12. The molecule has 0 saturated carbocycles. The minimum atomic E-state index is -3.43. The van der Waals surface area contributed by atoms with Gasteiger partial charge >= 0.3 is 0 Å². The molecule has 0 heterocycles. The molecule has 0 amide bonds. The van der Waals surface area contributed by atoms with Crippen LogP contribution in [0.4, 0.5) is 5.69 Å². The summed E-state index contributed by atoms with van der Waals surface area (Å²) in [5.74, 6) is 0. The van der Waals surface area contributed by atoms with Gasteiger partial charge in [-0.1, -0.05) is 35.4 Å². The molecule has 112 valence electrons. The third-order valence-electron chi connectivity index (χ3n) is 3.13. The second kappa shape index (κ2) is 6.74. The average Bonchev–Trinajstić information content (AvgIpc) is 2.46. The Morgan fingerprint density at radius 3 is 1.90 bits per heavy atom. The topological polar surface area (TPSA) is 58.2 Å². The van der Waals surface area contributed by atoms with Crippen LogP contribution in [-0.4, -0.2) is 21.5 Å². The summed E-state index contributed by atoms with van der Waals surface area (Å²) in [6.07, 6.45) is 0. The van der Waals surface area contributed by atoms with E-state index in [0.717, 1.165) is 11.3 Å². The van der Waals surface area contributed by atoms with Gasteiger partial charge in [0.15, 0.2) is 0 Å². The van der Waals surface area contributed by atoms with Gasteiger partial charge in [0.2, 0.25) is 10.0 Å². The maximum Gasteiger partial charge on any atom is 0.240 e. The number of rotatable bonds is 6. The molecule has 2 aromatic rings. The summed E-state index contributed by atoms with van der Waals surface area (Å²) in [4.78, 5) is 0.295. The van der Waals surface area contributed by atoms with E-state index in [1.165, 1.54) is 5.56 Å². The SMILES string of the molecule is Cc1ccc(NCCNS(=O)(=O)c2ccc(C)cc2)cc1. The molecule has 0 unspecified atom stereocenters. The Balaban J connectivity index is 1.85. The smallest absolute Gasteiger partial charge is 0.240 e. The largest absolute Gasteiger partial charge is 0.384 e. The molecule has 0 spiro atoms. The van der Waals surface area contributed by atoms with Crippen molar-refractivity contribution in [3.05, 3.63) is 59.7 Å². The van der Waals surface area contributed by atoms with Crippen molar-refractivity contribution < 1.29 is 8.42 Å². The van der Waals surface area contributed by atoms with E-state index in [-0.39, 0.29) is 0 Å². The second-order valence-corrected chi connectivity index (χ2v) is 6.77. The lowest BCUT2D eigenvalue weighted by atomic mass is 10.2. The molecule has 0 fully saturated rings. The number of hydrogen-bond acceptors (Lipinski definition) is 3. The average molecular weight is 304 g/mol. The first-order chi connectivity index (χ1) is 9.97. The van der Waals surface area contributed by atoms with Crippen molar-refractivity contribution in [2.45, 2.75) is 18.7 Å². The molecule has 2 aromatic carbocycles. The lowest BCUT2D eigenvalue weighted by Crippen LogP contribution is -2.28. The van der Waals surface area contributed by atoms with Crippen LogP contribution in [0.15, 0.2) is 53.4 Å². The van der Waals surface area contributed by atoms with Gasteiger partial charge in [0.05, 0.1) is 4.90 Å². The number of sulfonamides is 1. The zero-order valence-corrected chi connectivity index (χ0v) is 13.1. The van der Waals surface area contributed by atoms with E-state index in [0.29, 0.717) is 18.0 Å². The van der Waals surface area contributed by atoms with Gasteiger partial charge in [0.1, 0.15) is 0 Å². The van der Waals surface area contributed by atoms with Crippen molar-refractivity contribution in [2.24, 2.45) is 0 Å². The summed E-state index contributed by atoms with van der Waals surface area (Å²) in [5, 5.41) is 3.18. The first-order valence-corrected chi connectivity index (χ1v) is 8.32. The molecule has 2 rings (SSSR count). The van der Waals surface area contributed by atoms with E-state index >= 15 is 0 Å². The minimum absolute atomic E-state index is 0.295. The fraction of sp³-hybridized carbons (Fsp3) is 0.250. The third-order valence-corrected chi connectivity index (χ3v) is 4.61. The zero-order valence-electron chi connectivity index (χ0n) is 12.3. The highest BCUT2D eigenvalue weighted by Crippen LogP contribution is 2.10. The van der Waals surface area contributed by atoms with E-state index in [2.05, 4.69) is 10.0 Å². The van der Waals surface area contributed by atoms with Crippen molar-refractivity contribution in [1.29, 1.82) is 0 Å². The number of anilines is 1. The maximum absolute atomic E-state index is 12.1. The van der Waals surface area contributed by atoms with E-state index in [1.807, 2.05) is 38.1 Å². The summed E-state index contributed by atoms with van der Waals surface area (Å²) in [5.41, 5.74) is 3.21. The molecule has 0 aliphatic carbocycles. The van der Waals surface area contributed by atoms with Gasteiger partial charge in [-0.25, -0.2) is 13.1 Å². The standard InChI is InChI=1S/C16H20N2O2S/c1-13-3-7-15(8-4-13)17-11-12-18-21(19,20)16-9-5-14(2)6-10-16/h3-10,17-18H,11-12H2,1-2H3. The Bertz CT molecular complexity index is 677. The van der Waals surface area contributed by atoms with E-state index < -0.39 is 10.0 Å². The molecule has 21 heavy (non-hydrogen) atoms. The Hall–Kier alpha value is -1.85. The lowest BCUT2D eigenvalue weighted by molar-refractivity contribution is 0.583. The van der Waals surface area contributed by atoms with Crippen molar-refractivity contribution in [2.75, 3.05) is 18.4 Å². The van der Waals surface area contributed by atoms with Gasteiger partial charge in [-0.3, -0.25) is 0 Å². The molecule has 0 atom stereocenters. The van der Waals surface area contributed by atoms with Gasteiger partial charge in [-0.05, 0) is 38.1 Å². The van der Waals surface area contributed by atoms with Gasteiger partial charge in [0, 0.05) is 18.8 Å². The Morgan fingerprint density at radius 2 is 1.33 bits per heavy atom.